The van der Waals surface area contributed by atoms with E-state index in [2.05, 4.69) is 102 Å². The number of nitrogens with one attached hydrogen (secondary N) is 1. The molecule has 0 fully saturated rings. The normalized spacial score (nSPS) is 16.8. The van der Waals surface area contributed by atoms with Gasteiger partial charge in [0.25, 0.3) is 0 Å². The van der Waals surface area contributed by atoms with Gasteiger partial charge in [0.2, 0.25) is 0 Å². The number of para-hydroxylation sites is 2. The van der Waals surface area contributed by atoms with Crippen molar-refractivity contribution >= 4 is 11.4 Å². The lowest BCUT2D eigenvalue weighted by Crippen LogP contribution is -2.35. The minimum absolute atomic E-state index is 0.281. The maximum Gasteiger partial charge on any atom is 0.0738 e. The van der Waals surface area contributed by atoms with Crippen LogP contribution >= 0.6 is 0 Å². The van der Waals surface area contributed by atoms with Crippen LogP contribution in [0.3, 0.4) is 0 Å². The van der Waals surface area contributed by atoms with E-state index in [1.165, 1.54) is 33.6 Å². The lowest BCUT2D eigenvalue weighted by atomic mass is 9.61. The Bertz CT molecular complexity index is 966. The molecular formula is C25H21N. The maximum atomic E-state index is 3.65. The lowest BCUT2D eigenvalue weighted by Gasteiger charge is -2.43. The van der Waals surface area contributed by atoms with E-state index in [1.54, 1.807) is 0 Å². The fraction of sp³-hybridized carbons (Fsp3) is 0.120. The highest BCUT2D eigenvalue weighted by Crippen LogP contribution is 2.54. The minimum Gasteiger partial charge on any atom is -0.355 e. The first kappa shape index (κ1) is 15.2. The molecule has 0 saturated carbocycles. The van der Waals surface area contributed by atoms with Crippen LogP contribution in [0.1, 0.15) is 29.5 Å². The van der Waals surface area contributed by atoms with Crippen molar-refractivity contribution in [3.05, 3.63) is 119 Å². The third kappa shape index (κ3) is 2.10. The van der Waals surface area contributed by atoms with E-state index >= 15 is 0 Å². The van der Waals surface area contributed by atoms with Crippen LogP contribution in [-0.2, 0) is 5.41 Å². The van der Waals surface area contributed by atoms with Gasteiger partial charge in [-0.1, -0.05) is 85.0 Å². The van der Waals surface area contributed by atoms with Gasteiger partial charge in [0.05, 0.1) is 5.41 Å². The molecule has 0 spiro atoms. The zero-order chi connectivity index (χ0) is 17.4. The average Bonchev–Trinajstić information content (AvgIpc) is 2.73. The van der Waals surface area contributed by atoms with Crippen molar-refractivity contribution in [1.82, 2.24) is 0 Å². The number of fused-ring (bicyclic) bond motifs is 2. The standard InChI is InChI=1S/C25H21N/c1-3-11-19(12-4-1)25(20-13-5-2-6-14-20)21-15-7-9-17-23(21)26-24-18-10-8-16-22(24)25/h1,3-5,7-18,26H,2,6H2. The average molecular weight is 335 g/mol. The Hall–Kier alpha value is -3.06. The van der Waals surface area contributed by atoms with Gasteiger partial charge in [-0.25, -0.2) is 0 Å². The molecule has 0 bridgehead atoms. The van der Waals surface area contributed by atoms with Crippen LogP contribution in [0, 0.1) is 0 Å². The second-order valence-electron chi connectivity index (χ2n) is 6.97. The van der Waals surface area contributed by atoms with E-state index in [0.717, 1.165) is 12.8 Å². The number of benzene rings is 3. The molecule has 5 rings (SSSR count). The zero-order valence-electron chi connectivity index (χ0n) is 14.7. The van der Waals surface area contributed by atoms with Gasteiger partial charge in [0.15, 0.2) is 0 Å². The number of rotatable bonds is 2. The van der Waals surface area contributed by atoms with Crippen LogP contribution in [-0.4, -0.2) is 0 Å². The monoisotopic (exact) mass is 335 g/mol. The van der Waals surface area contributed by atoms with Gasteiger partial charge in [-0.05, 0) is 47.2 Å². The summed E-state index contributed by atoms with van der Waals surface area (Å²) in [6.07, 6.45) is 9.28. The molecule has 0 saturated heterocycles. The predicted molar refractivity (Wildman–Crippen MR) is 109 cm³/mol. The lowest BCUT2D eigenvalue weighted by molar-refractivity contribution is 0.726. The molecule has 0 radical (unpaired) electrons. The van der Waals surface area contributed by atoms with E-state index in [9.17, 15) is 0 Å². The Labute approximate surface area is 154 Å². The van der Waals surface area contributed by atoms with Gasteiger partial charge < -0.3 is 5.32 Å². The summed E-state index contributed by atoms with van der Waals surface area (Å²) < 4.78 is 0. The second-order valence-corrected chi connectivity index (χ2v) is 6.97. The zero-order valence-corrected chi connectivity index (χ0v) is 14.7. The van der Waals surface area contributed by atoms with Crippen LogP contribution in [0.25, 0.3) is 0 Å². The van der Waals surface area contributed by atoms with E-state index in [0.29, 0.717) is 0 Å². The Morgan fingerprint density at radius 1 is 0.654 bits per heavy atom. The fourth-order valence-corrected chi connectivity index (χ4v) is 4.50. The van der Waals surface area contributed by atoms with Crippen LogP contribution in [0.2, 0.25) is 0 Å². The van der Waals surface area contributed by atoms with Crippen molar-refractivity contribution in [2.24, 2.45) is 0 Å². The van der Waals surface area contributed by atoms with Crippen molar-refractivity contribution in [3.8, 4) is 0 Å². The van der Waals surface area contributed by atoms with Crippen LogP contribution in [0.15, 0.2) is 103 Å². The molecule has 1 aliphatic heterocycles. The fourth-order valence-electron chi connectivity index (χ4n) is 4.50. The predicted octanol–water partition coefficient (Wildman–Crippen LogP) is 6.35. The van der Waals surface area contributed by atoms with Crippen molar-refractivity contribution in [2.75, 3.05) is 5.32 Å². The molecule has 2 aliphatic rings. The highest BCUT2D eigenvalue weighted by atomic mass is 14.9. The van der Waals surface area contributed by atoms with Gasteiger partial charge in [-0.15, -0.1) is 0 Å². The molecule has 0 unspecified atom stereocenters. The smallest absolute Gasteiger partial charge is 0.0738 e. The Balaban J connectivity index is 1.93. The van der Waals surface area contributed by atoms with Gasteiger partial charge in [-0.2, -0.15) is 0 Å². The first-order chi connectivity index (χ1) is 12.9. The molecule has 3 aromatic carbocycles. The first-order valence-corrected chi connectivity index (χ1v) is 9.29. The number of anilines is 2. The van der Waals surface area contributed by atoms with E-state index in [-0.39, 0.29) is 5.41 Å². The summed E-state index contributed by atoms with van der Waals surface area (Å²) in [5.74, 6) is 0. The van der Waals surface area contributed by atoms with Crippen LogP contribution in [0.4, 0.5) is 11.4 Å². The molecule has 1 nitrogen and oxygen atoms in total. The maximum absolute atomic E-state index is 3.65. The Kier molecular flexibility index (Phi) is 3.53. The third-order valence-corrected chi connectivity index (χ3v) is 5.57. The number of allylic oxidation sites excluding steroid dienone is 4. The molecule has 1 heterocycles. The van der Waals surface area contributed by atoms with E-state index in [1.807, 2.05) is 0 Å². The van der Waals surface area contributed by atoms with Gasteiger partial charge in [0.1, 0.15) is 0 Å². The molecule has 0 amide bonds. The van der Waals surface area contributed by atoms with E-state index in [4.69, 9.17) is 0 Å². The van der Waals surface area contributed by atoms with Gasteiger partial charge in [0, 0.05) is 11.4 Å². The molecule has 26 heavy (non-hydrogen) atoms. The summed E-state index contributed by atoms with van der Waals surface area (Å²) in [7, 11) is 0. The first-order valence-electron chi connectivity index (χ1n) is 9.29. The number of hydrogen-bond acceptors (Lipinski definition) is 1. The molecule has 3 aromatic rings. The molecule has 1 N–H and O–H groups in total. The highest BCUT2D eigenvalue weighted by molar-refractivity contribution is 5.82. The van der Waals surface area contributed by atoms with Crippen LogP contribution in [0.5, 0.6) is 0 Å². The highest BCUT2D eigenvalue weighted by Gasteiger charge is 2.44. The second kappa shape index (κ2) is 6.03. The minimum atomic E-state index is -0.281. The molecule has 0 aromatic heterocycles. The molecule has 126 valence electrons. The molecular weight excluding hydrogens is 314 g/mol. The Morgan fingerprint density at radius 3 is 1.88 bits per heavy atom. The van der Waals surface area contributed by atoms with Crippen molar-refractivity contribution < 1.29 is 0 Å². The summed E-state index contributed by atoms with van der Waals surface area (Å²) in [6.45, 7) is 0. The van der Waals surface area contributed by atoms with Gasteiger partial charge >= 0.3 is 0 Å². The van der Waals surface area contributed by atoms with E-state index < -0.39 is 0 Å². The molecule has 1 aliphatic carbocycles. The molecule has 1 heteroatoms. The van der Waals surface area contributed by atoms with Crippen LogP contribution < -0.4 is 5.32 Å². The third-order valence-electron chi connectivity index (χ3n) is 5.57. The topological polar surface area (TPSA) is 12.0 Å². The quantitative estimate of drug-likeness (QED) is 0.575. The summed E-state index contributed by atoms with van der Waals surface area (Å²) >= 11 is 0. The largest absolute Gasteiger partial charge is 0.355 e. The SMILES string of the molecule is C1=CC(C2(c3ccccc3)c3ccccc3Nc3ccccc32)=CCC1. The molecule has 0 atom stereocenters. The summed E-state index contributed by atoms with van der Waals surface area (Å²) in [5.41, 5.74) is 7.43. The number of hydrogen-bond donors (Lipinski definition) is 1. The summed E-state index contributed by atoms with van der Waals surface area (Å²) in [6, 6.07) is 28.4. The van der Waals surface area contributed by atoms with Crippen molar-refractivity contribution in [3.63, 3.8) is 0 Å². The summed E-state index contributed by atoms with van der Waals surface area (Å²) in [4.78, 5) is 0. The van der Waals surface area contributed by atoms with Crippen molar-refractivity contribution in [1.29, 1.82) is 0 Å². The summed E-state index contributed by atoms with van der Waals surface area (Å²) in [5, 5.41) is 3.65. The van der Waals surface area contributed by atoms with Crippen molar-refractivity contribution in [2.45, 2.75) is 18.3 Å². The van der Waals surface area contributed by atoms with Gasteiger partial charge in [-0.3, -0.25) is 0 Å². The Morgan fingerprint density at radius 2 is 1.27 bits per heavy atom.